The number of piperidine rings is 2. The Morgan fingerprint density at radius 1 is 1.36 bits per heavy atom. The molecule has 0 saturated carbocycles. The number of nitrogens with zero attached hydrogens (tertiary/aromatic N) is 4. The summed E-state index contributed by atoms with van der Waals surface area (Å²) in [5.74, 6) is 0.295. The van der Waals surface area contributed by atoms with Crippen LogP contribution in [-0.4, -0.2) is 69.1 Å². The van der Waals surface area contributed by atoms with Crippen LogP contribution in [0.1, 0.15) is 60.8 Å². The highest BCUT2D eigenvalue weighted by molar-refractivity contribution is 7.08. The third-order valence-electron chi connectivity index (χ3n) is 5.32. The van der Waals surface area contributed by atoms with Crippen molar-refractivity contribution in [3.05, 3.63) is 10.6 Å². The number of β-amino-alcohol motifs (C(OH)–C–C–N with tert-alkyl or cyclic N) is 1. The topological polar surface area (TPSA) is 86.6 Å². The molecular formula is C17H26N4O3S. The monoisotopic (exact) mass is 366 g/mol. The van der Waals surface area contributed by atoms with Crippen LogP contribution in [0, 0.1) is 5.41 Å². The first-order chi connectivity index (χ1) is 12.0. The molecule has 2 saturated heterocycles. The maximum Gasteiger partial charge on any atom is 0.267 e. The second kappa shape index (κ2) is 7.37. The summed E-state index contributed by atoms with van der Waals surface area (Å²) in [6.07, 6.45) is 3.27. The quantitative estimate of drug-likeness (QED) is 0.873. The van der Waals surface area contributed by atoms with Crippen molar-refractivity contribution in [3.8, 4) is 0 Å². The molecule has 8 heteroatoms. The summed E-state index contributed by atoms with van der Waals surface area (Å²) in [6, 6.07) is 0. The van der Waals surface area contributed by atoms with E-state index < -0.39 is 0 Å². The van der Waals surface area contributed by atoms with E-state index >= 15 is 0 Å². The molecule has 3 rings (SSSR count). The van der Waals surface area contributed by atoms with Gasteiger partial charge in [-0.3, -0.25) is 9.59 Å². The predicted molar refractivity (Wildman–Crippen MR) is 94.5 cm³/mol. The van der Waals surface area contributed by atoms with E-state index in [1.807, 2.05) is 18.7 Å². The molecule has 1 N–H and O–H groups in total. The maximum atomic E-state index is 13.0. The molecule has 1 atom stereocenters. The molecule has 0 aliphatic carbocycles. The molecule has 25 heavy (non-hydrogen) atoms. The van der Waals surface area contributed by atoms with Crippen molar-refractivity contribution in [1.82, 2.24) is 19.4 Å². The van der Waals surface area contributed by atoms with E-state index in [0.717, 1.165) is 31.5 Å². The maximum absolute atomic E-state index is 13.0. The highest BCUT2D eigenvalue weighted by Gasteiger charge is 2.43. The summed E-state index contributed by atoms with van der Waals surface area (Å²) < 4.78 is 3.97. The Morgan fingerprint density at radius 3 is 2.88 bits per heavy atom. The van der Waals surface area contributed by atoms with Gasteiger partial charge in [0.05, 0.1) is 12.3 Å². The van der Waals surface area contributed by atoms with Gasteiger partial charge in [-0.25, -0.2) is 0 Å². The molecule has 1 aromatic heterocycles. The second-order valence-corrected chi connectivity index (χ2v) is 8.27. The minimum Gasteiger partial charge on any atom is -0.395 e. The van der Waals surface area contributed by atoms with E-state index in [-0.39, 0.29) is 29.8 Å². The summed E-state index contributed by atoms with van der Waals surface area (Å²) in [7, 11) is 0. The van der Waals surface area contributed by atoms with Crippen molar-refractivity contribution in [1.29, 1.82) is 0 Å². The first kappa shape index (κ1) is 18.3. The van der Waals surface area contributed by atoms with Gasteiger partial charge >= 0.3 is 0 Å². The number of likely N-dealkylation sites (tertiary alicyclic amines) is 2. The number of carbonyl (C=O) groups is 2. The summed E-state index contributed by atoms with van der Waals surface area (Å²) in [5, 5.41) is 13.3. The Bertz CT molecular complexity index is 648. The van der Waals surface area contributed by atoms with E-state index in [2.05, 4.69) is 9.59 Å². The summed E-state index contributed by atoms with van der Waals surface area (Å²) in [4.78, 5) is 29.4. The van der Waals surface area contributed by atoms with Gasteiger partial charge in [-0.15, -0.1) is 5.10 Å². The Balaban J connectivity index is 1.75. The largest absolute Gasteiger partial charge is 0.395 e. The standard InChI is InChI=1S/C17H26N4O3S/c1-12(2)14-15(25-19-18-14)16(24)21-7-3-5-17(11-21)6-4-13(23)20(10-17)8-9-22/h12,22H,3-11H2,1-2H3/t17-/m0/s1. The zero-order valence-corrected chi connectivity index (χ0v) is 15.7. The third kappa shape index (κ3) is 3.69. The molecule has 1 aromatic rings. The number of amides is 2. The van der Waals surface area contributed by atoms with Crippen LogP contribution in [0.15, 0.2) is 0 Å². The van der Waals surface area contributed by atoms with Gasteiger partial charge in [0.25, 0.3) is 5.91 Å². The Kier molecular flexibility index (Phi) is 5.38. The lowest BCUT2D eigenvalue weighted by molar-refractivity contribution is -0.139. The number of rotatable bonds is 4. The zero-order chi connectivity index (χ0) is 18.0. The van der Waals surface area contributed by atoms with Crippen molar-refractivity contribution in [2.45, 2.75) is 45.4 Å². The lowest BCUT2D eigenvalue weighted by atomic mass is 9.73. The molecule has 0 bridgehead atoms. The van der Waals surface area contributed by atoms with Crippen molar-refractivity contribution in [2.75, 3.05) is 32.8 Å². The fraction of sp³-hybridized carbons (Fsp3) is 0.765. The normalized spacial score (nSPS) is 24.4. The van der Waals surface area contributed by atoms with Crippen LogP contribution in [0.25, 0.3) is 0 Å². The van der Waals surface area contributed by atoms with E-state index in [1.54, 1.807) is 4.90 Å². The van der Waals surface area contributed by atoms with Crippen LogP contribution in [0.2, 0.25) is 0 Å². The van der Waals surface area contributed by atoms with Gasteiger partial charge in [-0.05, 0) is 36.7 Å². The number of hydrogen-bond donors (Lipinski definition) is 1. The highest BCUT2D eigenvalue weighted by atomic mass is 32.1. The van der Waals surface area contributed by atoms with E-state index in [1.165, 1.54) is 11.5 Å². The van der Waals surface area contributed by atoms with E-state index in [4.69, 9.17) is 0 Å². The summed E-state index contributed by atoms with van der Waals surface area (Å²) >= 11 is 1.17. The average Bonchev–Trinajstić information content (AvgIpc) is 3.08. The van der Waals surface area contributed by atoms with Crippen molar-refractivity contribution in [3.63, 3.8) is 0 Å². The average molecular weight is 366 g/mol. The van der Waals surface area contributed by atoms with Gasteiger partial charge in [0.2, 0.25) is 5.91 Å². The third-order valence-corrected chi connectivity index (χ3v) is 6.05. The van der Waals surface area contributed by atoms with Gasteiger partial charge in [0.15, 0.2) is 0 Å². The first-order valence-corrected chi connectivity index (χ1v) is 9.73. The molecule has 3 heterocycles. The van der Waals surface area contributed by atoms with Crippen molar-refractivity contribution in [2.24, 2.45) is 5.41 Å². The molecule has 138 valence electrons. The van der Waals surface area contributed by atoms with Crippen LogP contribution in [0.5, 0.6) is 0 Å². The molecule has 0 unspecified atom stereocenters. The van der Waals surface area contributed by atoms with Crippen LogP contribution >= 0.6 is 11.5 Å². The van der Waals surface area contributed by atoms with Crippen LogP contribution < -0.4 is 0 Å². The number of hydrogen-bond acceptors (Lipinski definition) is 6. The van der Waals surface area contributed by atoms with Gasteiger partial charge in [-0.1, -0.05) is 18.3 Å². The fourth-order valence-corrected chi connectivity index (χ4v) is 4.80. The number of aliphatic hydroxyl groups excluding tert-OH is 1. The molecule has 1 spiro atoms. The van der Waals surface area contributed by atoms with Crippen LogP contribution in [0.4, 0.5) is 0 Å². The van der Waals surface area contributed by atoms with E-state index in [0.29, 0.717) is 30.9 Å². The smallest absolute Gasteiger partial charge is 0.267 e. The lowest BCUT2D eigenvalue weighted by Gasteiger charge is -2.48. The number of aromatic nitrogens is 2. The first-order valence-electron chi connectivity index (χ1n) is 8.96. The molecular weight excluding hydrogens is 340 g/mol. The van der Waals surface area contributed by atoms with Gasteiger partial charge in [-0.2, -0.15) is 0 Å². The molecule has 0 aromatic carbocycles. The number of aliphatic hydroxyl groups is 1. The minimum atomic E-state index is -0.0485. The molecule has 2 aliphatic rings. The zero-order valence-electron chi connectivity index (χ0n) is 14.9. The van der Waals surface area contributed by atoms with Crippen molar-refractivity contribution >= 4 is 23.3 Å². The van der Waals surface area contributed by atoms with Crippen molar-refractivity contribution < 1.29 is 14.7 Å². The van der Waals surface area contributed by atoms with Crippen LogP contribution in [-0.2, 0) is 4.79 Å². The lowest BCUT2D eigenvalue weighted by Crippen LogP contribution is -2.55. The second-order valence-electron chi connectivity index (χ2n) is 7.51. The Hall–Kier alpha value is -1.54. The SMILES string of the molecule is CC(C)c1nnsc1C(=O)N1CCC[C@@]2(CCC(=O)N(CCO)C2)C1. The summed E-state index contributed by atoms with van der Waals surface area (Å²) in [5.41, 5.74) is 0.725. The predicted octanol–water partition coefficient (Wildman–Crippen LogP) is 1.50. The molecule has 7 nitrogen and oxygen atoms in total. The summed E-state index contributed by atoms with van der Waals surface area (Å²) in [6.45, 7) is 6.43. The van der Waals surface area contributed by atoms with Gasteiger partial charge < -0.3 is 14.9 Å². The van der Waals surface area contributed by atoms with Gasteiger partial charge in [0.1, 0.15) is 4.88 Å². The Morgan fingerprint density at radius 2 is 2.16 bits per heavy atom. The molecule has 0 radical (unpaired) electrons. The van der Waals surface area contributed by atoms with Gasteiger partial charge in [0, 0.05) is 38.0 Å². The molecule has 2 amide bonds. The van der Waals surface area contributed by atoms with E-state index in [9.17, 15) is 14.7 Å². The minimum absolute atomic E-state index is 0.0170. The number of carbonyl (C=O) groups excluding carboxylic acids is 2. The molecule has 2 aliphatic heterocycles. The Labute approximate surface area is 152 Å². The van der Waals surface area contributed by atoms with Crippen LogP contribution in [0.3, 0.4) is 0 Å². The molecule has 2 fully saturated rings. The fourth-order valence-electron chi connectivity index (χ4n) is 4.01. The highest BCUT2D eigenvalue weighted by Crippen LogP contribution is 2.39.